The summed E-state index contributed by atoms with van der Waals surface area (Å²) in [5, 5.41) is 2.85. The van der Waals surface area contributed by atoms with Crippen LogP contribution in [0, 0.1) is 0 Å². The largest absolute Gasteiger partial charge is 0.454 e. The molecule has 0 amide bonds. The minimum absolute atomic E-state index is 0.0999. The van der Waals surface area contributed by atoms with Gasteiger partial charge < -0.3 is 14.8 Å². The van der Waals surface area contributed by atoms with Crippen molar-refractivity contribution in [2.24, 2.45) is 0 Å². The number of alkyl halides is 6. The number of nitrogens with one attached hydrogen (secondary N) is 1. The Morgan fingerprint density at radius 1 is 0.769 bits per heavy atom. The molecule has 2 rings (SSSR count). The number of nitrogens with zero attached hydrogens (tertiary/aromatic N) is 3. The van der Waals surface area contributed by atoms with Gasteiger partial charge in [-0.3, -0.25) is 0 Å². The van der Waals surface area contributed by atoms with E-state index in [1.165, 1.54) is 0 Å². The molecule has 0 atom stereocenters. The first-order valence-corrected chi connectivity index (χ1v) is 7.04. The summed E-state index contributed by atoms with van der Waals surface area (Å²) < 4.78 is 82.1. The highest BCUT2D eigenvalue weighted by Gasteiger charge is 2.30. The first-order valence-electron chi connectivity index (χ1n) is 7.04. The van der Waals surface area contributed by atoms with E-state index in [1.807, 2.05) is 0 Å². The number of benzene rings is 1. The highest BCUT2D eigenvalue weighted by molar-refractivity contribution is 5.42. The smallest absolute Gasteiger partial charge is 0.422 e. The van der Waals surface area contributed by atoms with Gasteiger partial charge in [0.25, 0.3) is 0 Å². The predicted octanol–water partition coefficient (Wildman–Crippen LogP) is 3.37. The third kappa shape index (κ3) is 7.40. The van der Waals surface area contributed by atoms with Crippen molar-refractivity contribution in [3.63, 3.8) is 0 Å². The molecule has 26 heavy (non-hydrogen) atoms. The van der Waals surface area contributed by atoms with E-state index < -0.39 is 37.6 Å². The lowest BCUT2D eigenvalue weighted by Crippen LogP contribution is -2.22. The molecular formula is C14H12F6N4O2. The van der Waals surface area contributed by atoms with Crippen LogP contribution in [0.5, 0.6) is 12.0 Å². The standard InChI is InChI=1S/C14H12F6N4O2/c15-13(16,17)7-25-11-22-10(6-21-9-4-2-1-3-5-9)23-12(24-11)26-8-14(18,19)20/h1-5,21H,6-8H2. The van der Waals surface area contributed by atoms with Crippen LogP contribution in [-0.4, -0.2) is 40.5 Å². The molecule has 0 radical (unpaired) electrons. The maximum Gasteiger partial charge on any atom is 0.422 e. The van der Waals surface area contributed by atoms with E-state index in [4.69, 9.17) is 0 Å². The van der Waals surface area contributed by atoms with E-state index in [0.29, 0.717) is 5.69 Å². The number of hydrogen-bond acceptors (Lipinski definition) is 6. The van der Waals surface area contributed by atoms with E-state index in [-0.39, 0.29) is 12.4 Å². The van der Waals surface area contributed by atoms with E-state index in [0.717, 1.165) is 0 Å². The second-order valence-electron chi connectivity index (χ2n) is 4.84. The van der Waals surface area contributed by atoms with Crippen LogP contribution < -0.4 is 14.8 Å². The summed E-state index contributed by atoms with van der Waals surface area (Å²) in [5.41, 5.74) is 0.642. The van der Waals surface area contributed by atoms with Crippen LogP contribution in [0.3, 0.4) is 0 Å². The zero-order chi connectivity index (χ0) is 19.2. The number of halogens is 6. The summed E-state index contributed by atoms with van der Waals surface area (Å²) in [7, 11) is 0. The molecule has 1 heterocycles. The van der Waals surface area contributed by atoms with Gasteiger partial charge >= 0.3 is 24.4 Å². The lowest BCUT2D eigenvalue weighted by atomic mass is 10.3. The molecule has 0 aliphatic heterocycles. The normalized spacial score (nSPS) is 11.9. The fourth-order valence-electron chi connectivity index (χ4n) is 1.62. The third-order valence-corrected chi connectivity index (χ3v) is 2.59. The van der Waals surface area contributed by atoms with Crippen LogP contribution in [0.1, 0.15) is 5.82 Å². The Morgan fingerprint density at radius 2 is 1.27 bits per heavy atom. The Morgan fingerprint density at radius 3 is 1.73 bits per heavy atom. The van der Waals surface area contributed by atoms with Crippen LogP contribution in [0.15, 0.2) is 30.3 Å². The predicted molar refractivity (Wildman–Crippen MR) is 76.7 cm³/mol. The highest BCUT2D eigenvalue weighted by atomic mass is 19.4. The molecule has 0 spiro atoms. The molecule has 1 aromatic heterocycles. The molecule has 1 aromatic carbocycles. The van der Waals surface area contributed by atoms with Crippen molar-refractivity contribution >= 4 is 5.69 Å². The molecule has 0 bridgehead atoms. The van der Waals surface area contributed by atoms with Crippen molar-refractivity contribution in [2.75, 3.05) is 18.5 Å². The second-order valence-corrected chi connectivity index (χ2v) is 4.84. The van der Waals surface area contributed by atoms with E-state index in [1.54, 1.807) is 30.3 Å². The summed E-state index contributed by atoms with van der Waals surface area (Å²) in [5.74, 6) is -0.154. The first-order chi connectivity index (χ1) is 12.1. The number of aromatic nitrogens is 3. The van der Waals surface area contributed by atoms with Gasteiger partial charge in [0.2, 0.25) is 0 Å². The molecule has 0 fully saturated rings. The monoisotopic (exact) mass is 382 g/mol. The van der Waals surface area contributed by atoms with E-state index in [9.17, 15) is 26.3 Å². The minimum Gasteiger partial charge on any atom is -0.454 e. The van der Waals surface area contributed by atoms with E-state index >= 15 is 0 Å². The van der Waals surface area contributed by atoms with Crippen molar-refractivity contribution in [3.8, 4) is 12.0 Å². The van der Waals surface area contributed by atoms with Crippen LogP contribution in [-0.2, 0) is 6.54 Å². The number of hydrogen-bond donors (Lipinski definition) is 1. The zero-order valence-electron chi connectivity index (χ0n) is 12.9. The Bertz CT molecular complexity index is 673. The van der Waals surface area contributed by atoms with Gasteiger partial charge in [0.05, 0.1) is 6.54 Å². The average Bonchev–Trinajstić information content (AvgIpc) is 2.56. The molecule has 6 nitrogen and oxygen atoms in total. The maximum atomic E-state index is 12.2. The second kappa shape index (κ2) is 8.06. The molecule has 2 aromatic rings. The van der Waals surface area contributed by atoms with Gasteiger partial charge in [-0.05, 0) is 12.1 Å². The highest BCUT2D eigenvalue weighted by Crippen LogP contribution is 2.20. The summed E-state index contributed by atoms with van der Waals surface area (Å²) in [6, 6.07) is 7.03. The molecule has 12 heteroatoms. The Kier molecular flexibility index (Phi) is 6.05. The first kappa shape index (κ1) is 19.5. The van der Waals surface area contributed by atoms with Crippen LogP contribution in [0.4, 0.5) is 32.0 Å². The quantitative estimate of drug-likeness (QED) is 0.741. The number of anilines is 1. The molecule has 0 saturated heterocycles. The molecule has 142 valence electrons. The SMILES string of the molecule is FC(F)(F)COc1nc(CNc2ccccc2)nc(OCC(F)(F)F)n1. The Balaban J connectivity index is 2.13. The summed E-state index contributed by atoms with van der Waals surface area (Å²) >= 11 is 0. The fraction of sp³-hybridized carbons (Fsp3) is 0.357. The van der Waals surface area contributed by atoms with Crippen molar-refractivity contribution in [2.45, 2.75) is 18.9 Å². The van der Waals surface area contributed by atoms with Gasteiger partial charge in [-0.15, -0.1) is 4.98 Å². The zero-order valence-corrected chi connectivity index (χ0v) is 12.9. The number of ether oxygens (including phenoxy) is 2. The lowest BCUT2D eigenvalue weighted by molar-refractivity contribution is -0.156. The maximum absolute atomic E-state index is 12.2. The van der Waals surface area contributed by atoms with Gasteiger partial charge in [-0.25, -0.2) is 0 Å². The van der Waals surface area contributed by atoms with Gasteiger partial charge in [0.1, 0.15) is 0 Å². The van der Waals surface area contributed by atoms with Crippen molar-refractivity contribution < 1.29 is 35.8 Å². The van der Waals surface area contributed by atoms with Gasteiger partial charge in [-0.2, -0.15) is 36.3 Å². The van der Waals surface area contributed by atoms with Crippen LogP contribution in [0.2, 0.25) is 0 Å². The minimum atomic E-state index is -4.66. The number of para-hydroxylation sites is 1. The Labute approximate surface area is 143 Å². The topological polar surface area (TPSA) is 69.2 Å². The lowest BCUT2D eigenvalue weighted by Gasteiger charge is -2.12. The van der Waals surface area contributed by atoms with Crippen molar-refractivity contribution in [1.29, 1.82) is 0 Å². The molecular weight excluding hydrogens is 370 g/mol. The van der Waals surface area contributed by atoms with Crippen LogP contribution >= 0.6 is 0 Å². The van der Waals surface area contributed by atoms with Gasteiger partial charge in [0.15, 0.2) is 19.0 Å². The summed E-state index contributed by atoms with van der Waals surface area (Å²) in [6.07, 6.45) is -9.33. The summed E-state index contributed by atoms with van der Waals surface area (Å²) in [4.78, 5) is 10.6. The Hall–Kier alpha value is -2.79. The van der Waals surface area contributed by atoms with E-state index in [2.05, 4.69) is 29.7 Å². The van der Waals surface area contributed by atoms with Gasteiger partial charge in [0, 0.05) is 5.69 Å². The summed E-state index contributed by atoms with van der Waals surface area (Å²) in [6.45, 7) is -3.51. The van der Waals surface area contributed by atoms with Gasteiger partial charge in [-0.1, -0.05) is 18.2 Å². The van der Waals surface area contributed by atoms with Crippen molar-refractivity contribution in [1.82, 2.24) is 15.0 Å². The molecule has 0 saturated carbocycles. The average molecular weight is 382 g/mol. The fourth-order valence-corrected chi connectivity index (χ4v) is 1.62. The molecule has 0 unspecified atom stereocenters. The third-order valence-electron chi connectivity index (χ3n) is 2.59. The molecule has 1 N–H and O–H groups in total. The van der Waals surface area contributed by atoms with Crippen LogP contribution in [0.25, 0.3) is 0 Å². The number of rotatable bonds is 7. The van der Waals surface area contributed by atoms with Crippen molar-refractivity contribution in [3.05, 3.63) is 36.2 Å². The molecule has 0 aliphatic carbocycles. The molecule has 0 aliphatic rings.